The minimum Gasteiger partial charge on any atom is -0.466 e. The number of hydrogen-bond acceptors (Lipinski definition) is 6. The topological polar surface area (TPSA) is 87.2 Å². The largest absolute Gasteiger partial charge is 0.466 e. The lowest BCUT2D eigenvalue weighted by Gasteiger charge is -2.40. The number of aliphatic hydroxyl groups is 1. The number of nitrogens with zero attached hydrogens (tertiary/aromatic N) is 2. The highest BCUT2D eigenvalue weighted by molar-refractivity contribution is 9.09. The molecule has 3 saturated heterocycles. The molecule has 2 amide bonds. The van der Waals surface area contributed by atoms with Gasteiger partial charge in [0.2, 0.25) is 11.8 Å². The molecule has 2 bridgehead atoms. The molecule has 3 aliphatic rings. The van der Waals surface area contributed by atoms with Gasteiger partial charge in [-0.3, -0.25) is 14.4 Å². The first kappa shape index (κ1) is 28.9. The highest BCUT2D eigenvalue weighted by Crippen LogP contribution is 2.68. The van der Waals surface area contributed by atoms with Gasteiger partial charge < -0.3 is 19.6 Å². The van der Waals surface area contributed by atoms with Gasteiger partial charge in [-0.25, -0.2) is 0 Å². The van der Waals surface area contributed by atoms with Crippen LogP contribution >= 0.6 is 27.7 Å². The zero-order valence-electron chi connectivity index (χ0n) is 22.5. The number of amides is 2. The van der Waals surface area contributed by atoms with Crippen molar-refractivity contribution in [3.63, 3.8) is 0 Å². The molecule has 0 saturated carbocycles. The van der Waals surface area contributed by atoms with Crippen molar-refractivity contribution < 1.29 is 24.2 Å². The molecule has 0 radical (unpaired) electrons. The second-order valence-corrected chi connectivity index (χ2v) is 13.4. The standard InChI is InChI=1S/C31H35BrN2O5S/c1-3-15-33(18-21-13-9-6-10-14-21)29(37)27-31-17-23(32)26(40-31)24(30(38)39-4-2)25(31)28(36)34(27)22(19-35)16-20-11-7-5-8-12-20/h3,5-14,22-27,35H,1,4,15-19H2,2H3/t22-,23?,24-,25+,26-,27?,31?/m1/s1. The van der Waals surface area contributed by atoms with Crippen LogP contribution in [0.4, 0.5) is 0 Å². The van der Waals surface area contributed by atoms with Crippen molar-refractivity contribution in [1.29, 1.82) is 0 Å². The maximum atomic E-state index is 14.7. The molecule has 0 aliphatic carbocycles. The Morgan fingerprint density at radius 3 is 2.45 bits per heavy atom. The van der Waals surface area contributed by atoms with Gasteiger partial charge >= 0.3 is 5.97 Å². The molecule has 3 aliphatic heterocycles. The maximum Gasteiger partial charge on any atom is 0.310 e. The third-order valence-electron chi connectivity index (χ3n) is 8.32. The number of ether oxygens (including phenoxy) is 1. The van der Waals surface area contributed by atoms with E-state index < -0.39 is 34.6 Å². The molecule has 2 aromatic rings. The van der Waals surface area contributed by atoms with Crippen LogP contribution in [0.25, 0.3) is 0 Å². The number of esters is 1. The lowest BCUT2D eigenvalue weighted by atomic mass is 9.71. The highest BCUT2D eigenvalue weighted by Gasteiger charge is 2.76. The van der Waals surface area contributed by atoms with Gasteiger partial charge in [-0.1, -0.05) is 82.7 Å². The van der Waals surface area contributed by atoms with Crippen LogP contribution in [0.3, 0.4) is 0 Å². The molecule has 1 N–H and O–H groups in total. The zero-order chi connectivity index (χ0) is 28.4. The van der Waals surface area contributed by atoms with E-state index in [1.54, 1.807) is 34.6 Å². The number of benzene rings is 2. The van der Waals surface area contributed by atoms with Gasteiger partial charge in [-0.05, 0) is 30.9 Å². The summed E-state index contributed by atoms with van der Waals surface area (Å²) in [5, 5.41) is 10.5. The number of rotatable bonds is 11. The summed E-state index contributed by atoms with van der Waals surface area (Å²) in [6.07, 6.45) is 2.66. The molecule has 1 spiro atoms. The molecule has 3 fully saturated rings. The van der Waals surface area contributed by atoms with Gasteiger partial charge in [-0.15, -0.1) is 18.3 Å². The SMILES string of the molecule is C=CCN(Cc1ccccc1)C(=O)C1N([C@@H](CO)Cc2ccccc2)C(=O)[C@@H]2[C@@H](C(=O)OCC)[C@@H]3SC12CC3Br. The third kappa shape index (κ3) is 5.01. The van der Waals surface area contributed by atoms with E-state index in [0.29, 0.717) is 25.9 Å². The number of halogens is 1. The molecular weight excluding hydrogens is 592 g/mol. The van der Waals surface area contributed by atoms with Crippen LogP contribution in [0, 0.1) is 11.8 Å². The Kier molecular flexibility index (Phi) is 8.73. The molecular formula is C31H35BrN2O5S. The van der Waals surface area contributed by atoms with E-state index in [1.165, 1.54) is 0 Å². The Labute approximate surface area is 248 Å². The van der Waals surface area contributed by atoms with Gasteiger partial charge in [0.25, 0.3) is 0 Å². The van der Waals surface area contributed by atoms with E-state index in [1.807, 2.05) is 60.7 Å². The van der Waals surface area contributed by atoms with E-state index in [4.69, 9.17) is 4.74 Å². The fraction of sp³-hybridized carbons (Fsp3) is 0.452. The Morgan fingerprint density at radius 1 is 1.20 bits per heavy atom. The van der Waals surface area contributed by atoms with E-state index in [9.17, 15) is 19.5 Å². The van der Waals surface area contributed by atoms with E-state index in [-0.39, 0.29) is 35.1 Å². The van der Waals surface area contributed by atoms with Gasteiger partial charge in [0, 0.05) is 23.2 Å². The van der Waals surface area contributed by atoms with Gasteiger partial charge in [0.1, 0.15) is 6.04 Å². The summed E-state index contributed by atoms with van der Waals surface area (Å²) < 4.78 is 4.64. The van der Waals surface area contributed by atoms with E-state index >= 15 is 0 Å². The summed E-state index contributed by atoms with van der Waals surface area (Å²) >= 11 is 5.36. The summed E-state index contributed by atoms with van der Waals surface area (Å²) in [5.41, 5.74) is 1.93. The maximum absolute atomic E-state index is 14.7. The predicted octanol–water partition coefficient (Wildman–Crippen LogP) is 3.83. The van der Waals surface area contributed by atoms with Crippen LogP contribution in [0.2, 0.25) is 0 Å². The van der Waals surface area contributed by atoms with Gasteiger partial charge in [-0.2, -0.15) is 0 Å². The van der Waals surface area contributed by atoms with Crippen LogP contribution in [0.15, 0.2) is 73.3 Å². The zero-order valence-corrected chi connectivity index (χ0v) is 24.9. The number of carbonyl (C=O) groups is 3. The van der Waals surface area contributed by atoms with E-state index in [2.05, 4.69) is 22.5 Å². The normalized spacial score (nSPS) is 29.2. The summed E-state index contributed by atoms with van der Waals surface area (Å²) in [6.45, 7) is 6.23. The van der Waals surface area contributed by atoms with Gasteiger partial charge in [0.05, 0.1) is 35.8 Å². The predicted molar refractivity (Wildman–Crippen MR) is 159 cm³/mol. The molecule has 3 heterocycles. The second kappa shape index (κ2) is 12.1. The molecule has 212 valence electrons. The van der Waals surface area contributed by atoms with Crippen LogP contribution in [-0.2, 0) is 32.1 Å². The molecule has 2 aromatic carbocycles. The third-order valence-corrected chi connectivity index (χ3v) is 11.5. The number of alkyl halides is 1. The van der Waals surface area contributed by atoms with Crippen molar-refractivity contribution >= 4 is 45.5 Å². The first-order valence-electron chi connectivity index (χ1n) is 13.7. The minimum atomic E-state index is -0.844. The molecule has 7 nitrogen and oxygen atoms in total. The lowest BCUT2D eigenvalue weighted by Crippen LogP contribution is -2.58. The Morgan fingerprint density at radius 2 is 1.85 bits per heavy atom. The molecule has 40 heavy (non-hydrogen) atoms. The average Bonchev–Trinajstić information content (AvgIpc) is 3.56. The minimum absolute atomic E-state index is 0.0464. The van der Waals surface area contributed by atoms with Crippen molar-refractivity contribution in [2.24, 2.45) is 11.8 Å². The van der Waals surface area contributed by atoms with Crippen LogP contribution < -0.4 is 0 Å². The monoisotopic (exact) mass is 626 g/mol. The van der Waals surface area contributed by atoms with E-state index in [0.717, 1.165) is 11.1 Å². The quantitative estimate of drug-likeness (QED) is 0.232. The fourth-order valence-electron chi connectivity index (χ4n) is 6.75. The van der Waals surface area contributed by atoms with Crippen molar-refractivity contribution in [1.82, 2.24) is 9.80 Å². The first-order chi connectivity index (χ1) is 19.4. The average molecular weight is 628 g/mol. The molecule has 5 rings (SSSR count). The summed E-state index contributed by atoms with van der Waals surface area (Å²) in [5.74, 6) is -2.19. The molecule has 0 aromatic heterocycles. The Bertz CT molecular complexity index is 1250. The van der Waals surface area contributed by atoms with Crippen molar-refractivity contribution in [2.75, 3.05) is 19.8 Å². The number of carbonyl (C=O) groups excluding carboxylic acids is 3. The first-order valence-corrected chi connectivity index (χ1v) is 15.5. The van der Waals surface area contributed by atoms with Crippen molar-refractivity contribution in [3.05, 3.63) is 84.4 Å². The lowest BCUT2D eigenvalue weighted by molar-refractivity contribution is -0.154. The Balaban J connectivity index is 1.58. The summed E-state index contributed by atoms with van der Waals surface area (Å²) in [7, 11) is 0. The van der Waals surface area contributed by atoms with Crippen LogP contribution in [0.1, 0.15) is 24.5 Å². The second-order valence-electron chi connectivity index (χ2n) is 10.7. The number of likely N-dealkylation sites (tertiary alicyclic amines) is 1. The van der Waals surface area contributed by atoms with Crippen LogP contribution in [-0.4, -0.2) is 79.4 Å². The molecule has 3 unspecified atom stereocenters. The van der Waals surface area contributed by atoms with Crippen LogP contribution in [0.5, 0.6) is 0 Å². The summed E-state index contributed by atoms with van der Waals surface area (Å²) in [6, 6.07) is 17.9. The smallest absolute Gasteiger partial charge is 0.310 e. The molecule has 9 heteroatoms. The number of aliphatic hydroxyl groups excluding tert-OH is 1. The van der Waals surface area contributed by atoms with Crippen molar-refractivity contribution in [3.8, 4) is 0 Å². The molecule has 7 atom stereocenters. The highest BCUT2D eigenvalue weighted by atomic mass is 79.9. The van der Waals surface area contributed by atoms with Crippen molar-refractivity contribution in [2.45, 2.75) is 53.2 Å². The summed E-state index contributed by atoms with van der Waals surface area (Å²) in [4.78, 5) is 45.7. The Hall–Kier alpha value is -2.62. The number of hydrogen-bond donors (Lipinski definition) is 1. The van der Waals surface area contributed by atoms with Gasteiger partial charge in [0.15, 0.2) is 0 Å². The fourth-order valence-corrected chi connectivity index (χ4v) is 10.3. The number of thioether (sulfide) groups is 1. The number of fused-ring (bicyclic) bond motifs is 1.